The fourth-order valence-corrected chi connectivity index (χ4v) is 2.48. The van der Waals surface area contributed by atoms with E-state index >= 15 is 0 Å². The molecule has 21 heavy (non-hydrogen) atoms. The van der Waals surface area contributed by atoms with Gasteiger partial charge in [-0.25, -0.2) is 9.97 Å². The normalized spacial score (nSPS) is 17.8. The second kappa shape index (κ2) is 5.95. The summed E-state index contributed by atoms with van der Waals surface area (Å²) in [6, 6.07) is 3.87. The number of nitrogens with zero attached hydrogens (tertiary/aromatic N) is 5. The third-order valence-corrected chi connectivity index (χ3v) is 3.49. The van der Waals surface area contributed by atoms with Crippen molar-refractivity contribution in [2.75, 3.05) is 37.0 Å². The summed E-state index contributed by atoms with van der Waals surface area (Å²) in [5.41, 5.74) is 0. The first-order chi connectivity index (χ1) is 10.2. The predicted octanol–water partition coefficient (Wildman–Crippen LogP) is 1.60. The highest BCUT2D eigenvalue weighted by Gasteiger charge is 2.26. The third kappa shape index (κ3) is 3.04. The van der Waals surface area contributed by atoms with Gasteiger partial charge in [-0.2, -0.15) is 0 Å². The number of pyridine rings is 1. The molecule has 2 aromatic rings. The monoisotopic (exact) mass is 285 g/mol. The molecule has 2 aromatic heterocycles. The number of ether oxygens (including phenoxy) is 1. The molecule has 0 aromatic carbocycles. The zero-order chi connectivity index (χ0) is 14.7. The molecular weight excluding hydrogens is 266 g/mol. The third-order valence-electron chi connectivity index (χ3n) is 3.49. The van der Waals surface area contributed by atoms with Crippen LogP contribution in [0.15, 0.2) is 36.9 Å². The minimum absolute atomic E-state index is 0.148. The molecule has 6 heteroatoms. The Kier molecular flexibility index (Phi) is 3.85. The zero-order valence-corrected chi connectivity index (χ0v) is 12.3. The summed E-state index contributed by atoms with van der Waals surface area (Å²) in [6.07, 6.45) is 8.09. The molecule has 0 aliphatic carbocycles. The Bertz CT molecular complexity index is 590. The van der Waals surface area contributed by atoms with Crippen molar-refractivity contribution in [3.8, 4) is 5.75 Å². The van der Waals surface area contributed by atoms with Crippen LogP contribution >= 0.6 is 0 Å². The largest absolute Gasteiger partial charge is 0.485 e. The molecule has 3 heterocycles. The number of hydrogen-bond donors (Lipinski definition) is 0. The van der Waals surface area contributed by atoms with E-state index < -0.39 is 0 Å². The maximum absolute atomic E-state index is 6.13. The van der Waals surface area contributed by atoms with Crippen LogP contribution in [0.25, 0.3) is 0 Å². The summed E-state index contributed by atoms with van der Waals surface area (Å²) >= 11 is 0. The first-order valence-electron chi connectivity index (χ1n) is 7.04. The lowest BCUT2D eigenvalue weighted by atomic mass is 10.3. The van der Waals surface area contributed by atoms with E-state index in [-0.39, 0.29) is 6.10 Å². The van der Waals surface area contributed by atoms with Crippen molar-refractivity contribution in [3.05, 3.63) is 36.9 Å². The van der Waals surface area contributed by atoms with Gasteiger partial charge < -0.3 is 14.5 Å². The van der Waals surface area contributed by atoms with Gasteiger partial charge in [0.25, 0.3) is 0 Å². The van der Waals surface area contributed by atoms with Crippen LogP contribution in [-0.4, -0.2) is 48.2 Å². The van der Waals surface area contributed by atoms with Gasteiger partial charge >= 0.3 is 0 Å². The van der Waals surface area contributed by atoms with Crippen LogP contribution in [0.2, 0.25) is 0 Å². The fraction of sp³-hybridized carbons (Fsp3) is 0.400. The van der Waals surface area contributed by atoms with Crippen LogP contribution in [0.1, 0.15) is 6.42 Å². The number of anilines is 2. The summed E-state index contributed by atoms with van der Waals surface area (Å²) in [7, 11) is 3.94. The highest BCUT2D eigenvalue weighted by molar-refractivity contribution is 5.51. The van der Waals surface area contributed by atoms with Crippen molar-refractivity contribution in [3.63, 3.8) is 0 Å². The van der Waals surface area contributed by atoms with Gasteiger partial charge in [0.1, 0.15) is 11.9 Å². The van der Waals surface area contributed by atoms with Crippen LogP contribution in [0, 0.1) is 0 Å². The van der Waals surface area contributed by atoms with Crippen LogP contribution in [-0.2, 0) is 0 Å². The Balaban J connectivity index is 1.68. The molecule has 110 valence electrons. The van der Waals surface area contributed by atoms with Gasteiger partial charge in [0.05, 0.1) is 12.7 Å². The molecule has 0 radical (unpaired) electrons. The Morgan fingerprint density at radius 2 is 2.14 bits per heavy atom. The molecule has 1 aliphatic rings. The molecule has 0 bridgehead atoms. The average Bonchev–Trinajstić information content (AvgIpc) is 2.97. The minimum atomic E-state index is 0.148. The van der Waals surface area contributed by atoms with Crippen LogP contribution in [0.3, 0.4) is 0 Å². The number of aromatic nitrogens is 3. The van der Waals surface area contributed by atoms with E-state index in [1.165, 1.54) is 0 Å². The van der Waals surface area contributed by atoms with Crippen molar-refractivity contribution < 1.29 is 4.74 Å². The topological polar surface area (TPSA) is 54.4 Å². The summed E-state index contributed by atoms with van der Waals surface area (Å²) in [6.45, 7) is 1.75. The number of hydrogen-bond acceptors (Lipinski definition) is 6. The van der Waals surface area contributed by atoms with Gasteiger partial charge in [-0.05, 0) is 12.1 Å². The highest BCUT2D eigenvalue weighted by atomic mass is 16.5. The van der Waals surface area contributed by atoms with E-state index in [0.29, 0.717) is 0 Å². The summed E-state index contributed by atoms with van der Waals surface area (Å²) < 4.78 is 6.13. The Morgan fingerprint density at radius 1 is 1.24 bits per heavy atom. The van der Waals surface area contributed by atoms with E-state index in [9.17, 15) is 0 Å². The van der Waals surface area contributed by atoms with E-state index in [1.54, 1.807) is 24.8 Å². The lowest BCUT2D eigenvalue weighted by molar-refractivity contribution is 0.225. The SMILES string of the molecule is CN(C)c1ncccc1OC1CCN(c2cnccn2)C1. The van der Waals surface area contributed by atoms with E-state index in [2.05, 4.69) is 19.9 Å². The summed E-state index contributed by atoms with van der Waals surface area (Å²) in [5.74, 6) is 2.59. The molecule has 1 aliphatic heterocycles. The predicted molar refractivity (Wildman–Crippen MR) is 81.8 cm³/mol. The van der Waals surface area contributed by atoms with E-state index in [1.807, 2.05) is 31.1 Å². The Hall–Kier alpha value is -2.37. The maximum atomic E-state index is 6.13. The molecule has 1 saturated heterocycles. The van der Waals surface area contributed by atoms with Crippen LogP contribution in [0.5, 0.6) is 5.75 Å². The van der Waals surface area contributed by atoms with Gasteiger partial charge in [-0.15, -0.1) is 0 Å². The van der Waals surface area contributed by atoms with Gasteiger partial charge in [0, 0.05) is 45.7 Å². The van der Waals surface area contributed by atoms with Crippen LogP contribution in [0.4, 0.5) is 11.6 Å². The fourth-order valence-electron chi connectivity index (χ4n) is 2.48. The molecule has 1 fully saturated rings. The van der Waals surface area contributed by atoms with Gasteiger partial charge in [-0.1, -0.05) is 0 Å². The van der Waals surface area contributed by atoms with Crippen LogP contribution < -0.4 is 14.5 Å². The minimum Gasteiger partial charge on any atom is -0.485 e. The highest BCUT2D eigenvalue weighted by Crippen LogP contribution is 2.27. The quantitative estimate of drug-likeness (QED) is 0.850. The molecule has 0 saturated carbocycles. The second-order valence-corrected chi connectivity index (χ2v) is 5.26. The average molecular weight is 285 g/mol. The van der Waals surface area contributed by atoms with Crippen molar-refractivity contribution in [2.45, 2.75) is 12.5 Å². The molecule has 0 N–H and O–H groups in total. The lowest BCUT2D eigenvalue weighted by Gasteiger charge is -2.20. The van der Waals surface area contributed by atoms with Crippen molar-refractivity contribution >= 4 is 11.6 Å². The first-order valence-corrected chi connectivity index (χ1v) is 7.04. The Labute approximate surface area is 124 Å². The first kappa shape index (κ1) is 13.6. The molecular formula is C15H19N5O. The lowest BCUT2D eigenvalue weighted by Crippen LogP contribution is -2.26. The molecule has 1 unspecified atom stereocenters. The molecule has 0 amide bonds. The van der Waals surface area contributed by atoms with Crippen molar-refractivity contribution in [1.82, 2.24) is 15.0 Å². The smallest absolute Gasteiger partial charge is 0.170 e. The Morgan fingerprint density at radius 3 is 2.90 bits per heavy atom. The molecule has 1 atom stereocenters. The number of rotatable bonds is 4. The summed E-state index contributed by atoms with van der Waals surface area (Å²) in [5, 5.41) is 0. The van der Waals surface area contributed by atoms with E-state index in [4.69, 9.17) is 4.74 Å². The van der Waals surface area contributed by atoms with Gasteiger partial charge in [0.15, 0.2) is 11.6 Å². The standard InChI is InChI=1S/C15H19N5O/c1-19(2)15-13(4-3-6-18-15)21-12-5-9-20(11-12)14-10-16-7-8-17-14/h3-4,6-8,10,12H,5,9,11H2,1-2H3. The van der Waals surface area contributed by atoms with Crippen molar-refractivity contribution in [2.24, 2.45) is 0 Å². The van der Waals surface area contributed by atoms with Crippen molar-refractivity contribution in [1.29, 1.82) is 0 Å². The van der Waals surface area contributed by atoms with Gasteiger partial charge in [-0.3, -0.25) is 4.98 Å². The maximum Gasteiger partial charge on any atom is 0.170 e. The molecule has 0 spiro atoms. The van der Waals surface area contributed by atoms with E-state index in [0.717, 1.165) is 36.9 Å². The van der Waals surface area contributed by atoms with Gasteiger partial charge in [0.2, 0.25) is 0 Å². The molecule has 6 nitrogen and oxygen atoms in total. The zero-order valence-electron chi connectivity index (χ0n) is 12.3. The summed E-state index contributed by atoms with van der Waals surface area (Å²) in [4.78, 5) is 17.0. The molecule has 3 rings (SSSR count). The second-order valence-electron chi connectivity index (χ2n) is 5.26.